The summed E-state index contributed by atoms with van der Waals surface area (Å²) in [7, 11) is 0. The smallest absolute Gasteiger partial charge is 0.159 e. The van der Waals surface area contributed by atoms with Crippen molar-refractivity contribution < 1.29 is 4.79 Å². The summed E-state index contributed by atoms with van der Waals surface area (Å²) < 4.78 is 2.10. The number of nitrogens with one attached hydrogen (secondary N) is 1. The van der Waals surface area contributed by atoms with Crippen molar-refractivity contribution in [2.45, 2.75) is 52.6 Å². The van der Waals surface area contributed by atoms with Gasteiger partial charge in [-0.2, -0.15) is 5.10 Å². The summed E-state index contributed by atoms with van der Waals surface area (Å²) in [5, 5.41) is 8.39. The minimum absolute atomic E-state index is 0.108. The standard InChI is InChI=1S/C24H27N3O/c1-16-10-11-21(12-17(16)2)27-24-9-5-8-23(22(24)15-26-27)25-14-19-6-4-7-20(13-19)18(3)28/h4,6-7,10-13,15,23,25H,5,8-9,14H2,1-3H3/t23-/m0/s1. The fraction of sp³-hybridized carbons (Fsp3) is 0.333. The van der Waals surface area contributed by atoms with E-state index < -0.39 is 0 Å². The molecule has 0 amide bonds. The largest absolute Gasteiger partial charge is 0.306 e. The van der Waals surface area contributed by atoms with Gasteiger partial charge in [0.05, 0.1) is 11.9 Å². The highest BCUT2D eigenvalue weighted by Crippen LogP contribution is 2.31. The molecule has 4 heteroatoms. The zero-order valence-corrected chi connectivity index (χ0v) is 16.8. The monoisotopic (exact) mass is 373 g/mol. The summed E-state index contributed by atoms with van der Waals surface area (Å²) in [5.74, 6) is 0.108. The third-order valence-corrected chi connectivity index (χ3v) is 5.80. The number of hydrogen-bond acceptors (Lipinski definition) is 3. The molecule has 0 unspecified atom stereocenters. The number of fused-ring (bicyclic) bond motifs is 1. The summed E-state index contributed by atoms with van der Waals surface area (Å²) in [6.07, 6.45) is 5.33. The third kappa shape index (κ3) is 3.65. The molecule has 0 fully saturated rings. The second kappa shape index (κ2) is 7.72. The summed E-state index contributed by atoms with van der Waals surface area (Å²) in [5.41, 5.74) is 8.25. The molecule has 1 atom stereocenters. The van der Waals surface area contributed by atoms with E-state index in [9.17, 15) is 4.79 Å². The zero-order valence-electron chi connectivity index (χ0n) is 16.8. The highest BCUT2D eigenvalue weighted by molar-refractivity contribution is 5.94. The number of nitrogens with zero attached hydrogens (tertiary/aromatic N) is 2. The molecule has 28 heavy (non-hydrogen) atoms. The molecule has 0 radical (unpaired) electrons. The predicted octanol–water partition coefficient (Wildman–Crippen LogP) is 4.86. The van der Waals surface area contributed by atoms with Crippen molar-refractivity contribution in [1.29, 1.82) is 0 Å². The Bertz CT molecular complexity index is 1020. The molecule has 0 bridgehead atoms. The van der Waals surface area contributed by atoms with Crippen LogP contribution in [0, 0.1) is 13.8 Å². The van der Waals surface area contributed by atoms with Crippen LogP contribution < -0.4 is 5.32 Å². The van der Waals surface area contributed by atoms with Crippen molar-refractivity contribution in [1.82, 2.24) is 15.1 Å². The molecule has 144 valence electrons. The molecule has 4 nitrogen and oxygen atoms in total. The van der Waals surface area contributed by atoms with Crippen LogP contribution in [0.5, 0.6) is 0 Å². The molecular weight excluding hydrogens is 346 g/mol. The molecule has 0 saturated heterocycles. The van der Waals surface area contributed by atoms with Crippen molar-refractivity contribution in [2.75, 3.05) is 0 Å². The minimum atomic E-state index is 0.108. The van der Waals surface area contributed by atoms with Crippen LogP contribution in [0.15, 0.2) is 48.7 Å². The highest BCUT2D eigenvalue weighted by Gasteiger charge is 2.24. The lowest BCUT2D eigenvalue weighted by atomic mass is 9.92. The Morgan fingerprint density at radius 1 is 1.18 bits per heavy atom. The second-order valence-corrected chi connectivity index (χ2v) is 7.81. The van der Waals surface area contributed by atoms with Gasteiger partial charge in [-0.15, -0.1) is 0 Å². The summed E-state index contributed by atoms with van der Waals surface area (Å²) in [6, 6.07) is 14.7. The molecular formula is C24H27N3O. The van der Waals surface area contributed by atoms with Gasteiger partial charge in [-0.3, -0.25) is 4.79 Å². The van der Waals surface area contributed by atoms with Gasteiger partial charge in [-0.1, -0.05) is 24.3 Å². The first-order valence-corrected chi connectivity index (χ1v) is 10.0. The van der Waals surface area contributed by atoms with Crippen LogP contribution in [-0.4, -0.2) is 15.6 Å². The number of Topliss-reactive ketones (excluding diaryl/α,β-unsaturated/α-hetero) is 1. The van der Waals surface area contributed by atoms with E-state index in [1.54, 1.807) is 6.92 Å². The average molecular weight is 374 g/mol. The lowest BCUT2D eigenvalue weighted by Crippen LogP contribution is -2.25. The first-order valence-electron chi connectivity index (χ1n) is 10.0. The van der Waals surface area contributed by atoms with Crippen molar-refractivity contribution in [2.24, 2.45) is 0 Å². The Kier molecular flexibility index (Phi) is 5.14. The van der Waals surface area contributed by atoms with E-state index in [2.05, 4.69) is 48.1 Å². The molecule has 4 rings (SSSR count). The predicted molar refractivity (Wildman–Crippen MR) is 112 cm³/mol. The number of benzene rings is 2. The van der Waals surface area contributed by atoms with Crippen LogP contribution >= 0.6 is 0 Å². The van der Waals surface area contributed by atoms with Crippen LogP contribution in [-0.2, 0) is 13.0 Å². The van der Waals surface area contributed by atoms with Crippen molar-refractivity contribution in [3.05, 3.63) is 82.2 Å². The number of carbonyl (C=O) groups excluding carboxylic acids is 1. The zero-order chi connectivity index (χ0) is 19.7. The number of ketones is 1. The van der Waals surface area contributed by atoms with Crippen LogP contribution in [0.3, 0.4) is 0 Å². The molecule has 1 aliphatic carbocycles. The van der Waals surface area contributed by atoms with E-state index in [0.717, 1.165) is 42.6 Å². The molecule has 0 saturated carbocycles. The second-order valence-electron chi connectivity index (χ2n) is 7.81. The maximum absolute atomic E-state index is 11.6. The van der Waals surface area contributed by atoms with Gasteiger partial charge in [0.15, 0.2) is 5.78 Å². The first kappa shape index (κ1) is 18.6. The lowest BCUT2D eigenvalue weighted by Gasteiger charge is -2.24. The maximum atomic E-state index is 11.6. The van der Waals surface area contributed by atoms with Crippen molar-refractivity contribution in [3.63, 3.8) is 0 Å². The van der Waals surface area contributed by atoms with Gasteiger partial charge in [-0.05, 0) is 74.9 Å². The lowest BCUT2D eigenvalue weighted by molar-refractivity contribution is 0.101. The van der Waals surface area contributed by atoms with Gasteiger partial charge >= 0.3 is 0 Å². The van der Waals surface area contributed by atoms with Gasteiger partial charge in [0.1, 0.15) is 0 Å². The van der Waals surface area contributed by atoms with Gasteiger partial charge in [-0.25, -0.2) is 4.68 Å². The van der Waals surface area contributed by atoms with Crippen LogP contribution in [0.25, 0.3) is 5.69 Å². The summed E-state index contributed by atoms with van der Waals surface area (Å²) in [6.45, 7) is 6.65. The van der Waals surface area contributed by atoms with E-state index in [-0.39, 0.29) is 5.78 Å². The SMILES string of the molecule is CC(=O)c1cccc(CN[C@H]2CCCc3c2cnn3-c2ccc(C)c(C)c2)c1. The maximum Gasteiger partial charge on any atom is 0.159 e. The van der Waals surface area contributed by atoms with E-state index in [1.165, 1.54) is 22.4 Å². The molecule has 2 aromatic carbocycles. The fourth-order valence-electron chi connectivity index (χ4n) is 3.99. The van der Waals surface area contributed by atoms with Gasteiger partial charge in [0.25, 0.3) is 0 Å². The Morgan fingerprint density at radius 2 is 2.04 bits per heavy atom. The van der Waals surface area contributed by atoms with Crippen LogP contribution in [0.4, 0.5) is 0 Å². The van der Waals surface area contributed by atoms with Gasteiger partial charge in [0, 0.05) is 29.4 Å². The number of carbonyl (C=O) groups is 1. The molecule has 1 aliphatic rings. The number of aromatic nitrogens is 2. The minimum Gasteiger partial charge on any atom is -0.306 e. The first-order chi connectivity index (χ1) is 13.5. The highest BCUT2D eigenvalue weighted by atomic mass is 16.1. The van der Waals surface area contributed by atoms with E-state index >= 15 is 0 Å². The van der Waals surface area contributed by atoms with Gasteiger partial charge in [0.2, 0.25) is 0 Å². The van der Waals surface area contributed by atoms with Crippen LogP contribution in [0.1, 0.15) is 64.1 Å². The van der Waals surface area contributed by atoms with E-state index in [1.807, 2.05) is 24.4 Å². The third-order valence-electron chi connectivity index (χ3n) is 5.80. The Hall–Kier alpha value is -2.72. The van der Waals surface area contributed by atoms with Gasteiger partial charge < -0.3 is 5.32 Å². The topological polar surface area (TPSA) is 46.9 Å². The number of aryl methyl sites for hydroxylation is 2. The Morgan fingerprint density at radius 3 is 2.82 bits per heavy atom. The van der Waals surface area contributed by atoms with Crippen molar-refractivity contribution >= 4 is 5.78 Å². The van der Waals surface area contributed by atoms with Crippen LogP contribution in [0.2, 0.25) is 0 Å². The molecule has 0 spiro atoms. The Balaban J connectivity index is 1.55. The molecule has 0 aliphatic heterocycles. The number of hydrogen-bond donors (Lipinski definition) is 1. The fourth-order valence-corrected chi connectivity index (χ4v) is 3.99. The normalized spacial score (nSPS) is 16.0. The van der Waals surface area contributed by atoms with Crippen molar-refractivity contribution in [3.8, 4) is 5.69 Å². The van der Waals surface area contributed by atoms with E-state index in [0.29, 0.717) is 6.04 Å². The average Bonchev–Trinajstić information content (AvgIpc) is 3.13. The molecule has 3 aromatic rings. The molecule has 1 heterocycles. The quantitative estimate of drug-likeness (QED) is 0.650. The molecule has 1 N–H and O–H groups in total. The summed E-state index contributed by atoms with van der Waals surface area (Å²) in [4.78, 5) is 11.6. The Labute approximate surface area is 166 Å². The molecule has 1 aromatic heterocycles. The number of rotatable bonds is 5. The van der Waals surface area contributed by atoms with E-state index in [4.69, 9.17) is 5.10 Å². The summed E-state index contributed by atoms with van der Waals surface area (Å²) >= 11 is 0.